The topological polar surface area (TPSA) is 67.4 Å². The Kier molecular flexibility index (Phi) is 7.16. The van der Waals surface area contributed by atoms with Crippen molar-refractivity contribution in [2.75, 3.05) is 23.5 Å². The van der Waals surface area contributed by atoms with Crippen molar-refractivity contribution in [1.82, 2.24) is 0 Å². The van der Waals surface area contributed by atoms with E-state index in [0.717, 1.165) is 4.90 Å². The molecule has 5 nitrogen and oxygen atoms in total. The third-order valence-corrected chi connectivity index (χ3v) is 5.17. The van der Waals surface area contributed by atoms with E-state index in [-0.39, 0.29) is 17.6 Å². The maximum atomic E-state index is 12.3. The lowest BCUT2D eigenvalue weighted by atomic mass is 10.2. The number of methoxy groups -OCH3 is 1. The van der Waals surface area contributed by atoms with Gasteiger partial charge in [0.25, 0.3) is 5.91 Å². The molecule has 3 aromatic rings. The van der Waals surface area contributed by atoms with Gasteiger partial charge in [0.1, 0.15) is 5.75 Å². The number of hydrogen-bond acceptors (Lipinski definition) is 4. The molecule has 2 N–H and O–H groups in total. The van der Waals surface area contributed by atoms with Crippen molar-refractivity contribution in [1.29, 1.82) is 0 Å². The van der Waals surface area contributed by atoms with Crippen LogP contribution in [0, 0.1) is 0 Å². The third kappa shape index (κ3) is 6.27. The van der Waals surface area contributed by atoms with Crippen LogP contribution < -0.4 is 15.4 Å². The number of thioether (sulfide) groups is 1. The van der Waals surface area contributed by atoms with Crippen LogP contribution in [0.2, 0.25) is 5.02 Å². The van der Waals surface area contributed by atoms with Crippen LogP contribution in [-0.4, -0.2) is 24.7 Å². The van der Waals surface area contributed by atoms with E-state index in [4.69, 9.17) is 16.3 Å². The molecular formula is C22H19ClN2O3S. The number of halogens is 1. The van der Waals surface area contributed by atoms with E-state index in [1.807, 2.05) is 12.1 Å². The molecule has 0 aliphatic rings. The van der Waals surface area contributed by atoms with Gasteiger partial charge in [-0.2, -0.15) is 0 Å². The molecule has 2 amide bonds. The monoisotopic (exact) mass is 426 g/mol. The summed E-state index contributed by atoms with van der Waals surface area (Å²) >= 11 is 7.32. The molecule has 0 radical (unpaired) electrons. The Morgan fingerprint density at radius 3 is 2.41 bits per heavy atom. The van der Waals surface area contributed by atoms with Gasteiger partial charge in [-0.15, -0.1) is 11.8 Å². The highest BCUT2D eigenvalue weighted by molar-refractivity contribution is 8.00. The van der Waals surface area contributed by atoms with Gasteiger partial charge in [-0.25, -0.2) is 0 Å². The molecule has 3 rings (SSSR count). The molecule has 0 saturated carbocycles. The first-order valence-electron chi connectivity index (χ1n) is 8.77. The molecule has 3 aromatic carbocycles. The molecule has 0 unspecified atom stereocenters. The number of hydrogen-bond donors (Lipinski definition) is 2. The maximum absolute atomic E-state index is 12.3. The molecule has 0 fully saturated rings. The van der Waals surface area contributed by atoms with E-state index >= 15 is 0 Å². The van der Waals surface area contributed by atoms with Crippen LogP contribution in [0.5, 0.6) is 5.75 Å². The smallest absolute Gasteiger partial charge is 0.255 e. The Bertz CT molecular complexity index is 1010. The van der Waals surface area contributed by atoms with Gasteiger partial charge in [-0.1, -0.05) is 23.7 Å². The van der Waals surface area contributed by atoms with Crippen molar-refractivity contribution in [2.24, 2.45) is 0 Å². The predicted octanol–water partition coefficient (Wildman–Crippen LogP) is 5.33. The molecule has 0 bridgehead atoms. The molecule has 29 heavy (non-hydrogen) atoms. The number of rotatable bonds is 7. The normalized spacial score (nSPS) is 10.3. The fourth-order valence-corrected chi connectivity index (χ4v) is 3.40. The molecule has 0 aliphatic carbocycles. The molecule has 0 heterocycles. The summed E-state index contributed by atoms with van der Waals surface area (Å²) in [6.45, 7) is 0. The lowest BCUT2D eigenvalue weighted by molar-refractivity contribution is -0.113. The van der Waals surface area contributed by atoms with Gasteiger partial charge in [0, 0.05) is 26.9 Å². The number of amides is 2. The van der Waals surface area contributed by atoms with E-state index in [1.165, 1.54) is 11.8 Å². The van der Waals surface area contributed by atoms with Crippen molar-refractivity contribution in [3.8, 4) is 5.75 Å². The maximum Gasteiger partial charge on any atom is 0.255 e. The Labute approximate surface area is 178 Å². The minimum atomic E-state index is -0.217. The first-order valence-corrected chi connectivity index (χ1v) is 10.1. The zero-order valence-corrected chi connectivity index (χ0v) is 17.2. The second-order valence-electron chi connectivity index (χ2n) is 6.06. The molecule has 0 aliphatic heterocycles. The zero-order chi connectivity index (χ0) is 20.6. The Hall–Kier alpha value is -2.96. The van der Waals surface area contributed by atoms with Crippen LogP contribution in [-0.2, 0) is 4.79 Å². The zero-order valence-electron chi connectivity index (χ0n) is 15.6. The van der Waals surface area contributed by atoms with E-state index in [2.05, 4.69) is 10.6 Å². The second-order valence-corrected chi connectivity index (χ2v) is 7.54. The lowest BCUT2D eigenvalue weighted by Gasteiger charge is -2.08. The summed E-state index contributed by atoms with van der Waals surface area (Å²) < 4.78 is 5.14. The van der Waals surface area contributed by atoms with Gasteiger partial charge in [0.05, 0.1) is 12.9 Å². The van der Waals surface area contributed by atoms with E-state index in [9.17, 15) is 9.59 Å². The SMILES string of the molecule is COc1cccc(C(=O)Nc2ccc(SCC(=O)Nc3cccc(Cl)c3)cc2)c1. The molecule has 7 heteroatoms. The quantitative estimate of drug-likeness (QED) is 0.501. The van der Waals surface area contributed by atoms with Gasteiger partial charge in [-0.05, 0) is 60.7 Å². The van der Waals surface area contributed by atoms with Crippen LogP contribution >= 0.6 is 23.4 Å². The van der Waals surface area contributed by atoms with Gasteiger partial charge in [-0.3, -0.25) is 9.59 Å². The first kappa shape index (κ1) is 20.8. The number of anilines is 2. The van der Waals surface area contributed by atoms with Gasteiger partial charge < -0.3 is 15.4 Å². The average Bonchev–Trinajstić information content (AvgIpc) is 2.73. The van der Waals surface area contributed by atoms with Crippen molar-refractivity contribution in [3.63, 3.8) is 0 Å². The van der Waals surface area contributed by atoms with Crippen molar-refractivity contribution < 1.29 is 14.3 Å². The first-order chi connectivity index (χ1) is 14.0. The summed E-state index contributed by atoms with van der Waals surface area (Å²) in [6.07, 6.45) is 0. The Morgan fingerprint density at radius 1 is 0.931 bits per heavy atom. The summed E-state index contributed by atoms with van der Waals surface area (Å²) in [5.41, 5.74) is 1.85. The fraction of sp³-hybridized carbons (Fsp3) is 0.0909. The molecule has 148 valence electrons. The number of carbonyl (C=O) groups is 2. The van der Waals surface area contributed by atoms with Crippen molar-refractivity contribution >= 4 is 46.6 Å². The van der Waals surface area contributed by atoms with Crippen LogP contribution in [0.4, 0.5) is 11.4 Å². The van der Waals surface area contributed by atoms with Crippen LogP contribution in [0.15, 0.2) is 77.7 Å². The van der Waals surface area contributed by atoms with E-state index < -0.39 is 0 Å². The minimum Gasteiger partial charge on any atom is -0.497 e. The van der Waals surface area contributed by atoms with Crippen LogP contribution in [0.3, 0.4) is 0 Å². The van der Waals surface area contributed by atoms with Gasteiger partial charge >= 0.3 is 0 Å². The van der Waals surface area contributed by atoms with Crippen LogP contribution in [0.1, 0.15) is 10.4 Å². The summed E-state index contributed by atoms with van der Waals surface area (Å²) in [5.74, 6) is 0.556. The van der Waals surface area contributed by atoms with Crippen molar-refractivity contribution in [3.05, 3.63) is 83.4 Å². The fourth-order valence-electron chi connectivity index (χ4n) is 2.51. The minimum absolute atomic E-state index is 0.118. The highest BCUT2D eigenvalue weighted by atomic mass is 35.5. The van der Waals surface area contributed by atoms with Crippen LogP contribution in [0.25, 0.3) is 0 Å². The Balaban J connectivity index is 1.52. The predicted molar refractivity (Wildman–Crippen MR) is 118 cm³/mol. The summed E-state index contributed by atoms with van der Waals surface area (Å²) in [6, 6.07) is 21.3. The molecule has 0 spiro atoms. The van der Waals surface area contributed by atoms with Gasteiger partial charge in [0.15, 0.2) is 0 Å². The molecule has 0 atom stereocenters. The number of ether oxygens (including phenoxy) is 1. The summed E-state index contributed by atoms with van der Waals surface area (Å²) in [5, 5.41) is 6.22. The van der Waals surface area contributed by atoms with Gasteiger partial charge in [0.2, 0.25) is 5.91 Å². The number of benzene rings is 3. The second kappa shape index (κ2) is 10.0. The standard InChI is InChI=1S/C22H19ClN2O3S/c1-28-19-7-2-4-15(12-19)22(27)25-17-8-10-20(11-9-17)29-14-21(26)24-18-6-3-5-16(23)13-18/h2-13H,14H2,1H3,(H,24,26)(H,25,27). The van der Waals surface area contributed by atoms with Crippen molar-refractivity contribution in [2.45, 2.75) is 4.90 Å². The Morgan fingerprint density at radius 2 is 1.69 bits per heavy atom. The van der Waals surface area contributed by atoms with E-state index in [1.54, 1.807) is 67.8 Å². The third-order valence-electron chi connectivity index (χ3n) is 3.92. The average molecular weight is 427 g/mol. The summed E-state index contributed by atoms with van der Waals surface area (Å²) in [7, 11) is 1.56. The largest absolute Gasteiger partial charge is 0.497 e. The highest BCUT2D eigenvalue weighted by Crippen LogP contribution is 2.22. The molecule has 0 aromatic heterocycles. The summed E-state index contributed by atoms with van der Waals surface area (Å²) in [4.78, 5) is 25.3. The lowest BCUT2D eigenvalue weighted by Crippen LogP contribution is -2.14. The van der Waals surface area contributed by atoms with E-state index in [0.29, 0.717) is 27.7 Å². The molecular weight excluding hydrogens is 408 g/mol. The number of nitrogens with one attached hydrogen (secondary N) is 2. The molecule has 0 saturated heterocycles. The highest BCUT2D eigenvalue weighted by Gasteiger charge is 2.08. The number of carbonyl (C=O) groups excluding carboxylic acids is 2.